The van der Waals surface area contributed by atoms with Crippen molar-refractivity contribution in [3.05, 3.63) is 58.7 Å². The third-order valence-electron chi connectivity index (χ3n) is 5.15. The van der Waals surface area contributed by atoms with Gasteiger partial charge in [-0.25, -0.2) is 0 Å². The van der Waals surface area contributed by atoms with Gasteiger partial charge in [0.2, 0.25) is 0 Å². The van der Waals surface area contributed by atoms with Gasteiger partial charge in [-0.3, -0.25) is 0 Å². The molecule has 3 atom stereocenters. The Bertz CT molecular complexity index is 749. The van der Waals surface area contributed by atoms with Crippen molar-refractivity contribution in [3.63, 3.8) is 0 Å². The minimum absolute atomic E-state index is 0. The van der Waals surface area contributed by atoms with Gasteiger partial charge < -0.3 is 9.64 Å². The van der Waals surface area contributed by atoms with Crippen molar-refractivity contribution in [2.45, 2.75) is 18.9 Å². The first-order valence-corrected chi connectivity index (χ1v) is 7.75. The molecule has 0 spiro atoms. The van der Waals surface area contributed by atoms with E-state index in [4.69, 9.17) is 4.74 Å². The lowest BCUT2D eigenvalue weighted by molar-refractivity contribution is 0.279. The third kappa shape index (κ3) is 2.26. The van der Waals surface area contributed by atoms with Crippen LogP contribution in [0.3, 0.4) is 0 Å². The Morgan fingerprint density at radius 2 is 2.00 bits per heavy atom. The van der Waals surface area contributed by atoms with Crippen LogP contribution in [0.1, 0.15) is 12.8 Å². The van der Waals surface area contributed by atoms with Gasteiger partial charge in [0.1, 0.15) is 5.76 Å². The predicted molar refractivity (Wildman–Crippen MR) is 92.8 cm³/mol. The number of allylic oxidation sites excluding steroid dienone is 3. The van der Waals surface area contributed by atoms with Gasteiger partial charge in [0.05, 0.1) is 13.2 Å². The standard InChI is InChI=1S/C19H21NO.ClH/c1-20-12-14-5-3-4-6-16(14)19-17-11-15(21-2)9-7-13(17)8-10-18(19)20;/h3-7,9,11-13,17-18H,8,10H2,1-2H3;1H. The molecular weight excluding hydrogens is 294 g/mol. The topological polar surface area (TPSA) is 12.5 Å². The van der Waals surface area contributed by atoms with Crippen LogP contribution in [0, 0.1) is 11.8 Å². The molecule has 0 amide bonds. The molecule has 0 saturated heterocycles. The van der Waals surface area contributed by atoms with Gasteiger partial charge in [-0.05, 0) is 46.9 Å². The number of methoxy groups -OCH3 is 1. The molecule has 3 aliphatic rings. The van der Waals surface area contributed by atoms with E-state index in [9.17, 15) is 0 Å². The van der Waals surface area contributed by atoms with Gasteiger partial charge in [-0.2, -0.15) is 0 Å². The van der Waals surface area contributed by atoms with E-state index in [0.29, 0.717) is 17.9 Å². The minimum Gasteiger partial charge on any atom is -0.497 e. The molecule has 1 aromatic carbocycles. The highest BCUT2D eigenvalue weighted by Gasteiger charge is 2.37. The van der Waals surface area contributed by atoms with Gasteiger partial charge >= 0.3 is 0 Å². The summed E-state index contributed by atoms with van der Waals surface area (Å²) >= 11 is 0. The maximum atomic E-state index is 5.47. The number of rotatable bonds is 1. The average molecular weight is 316 g/mol. The fourth-order valence-corrected chi connectivity index (χ4v) is 4.12. The molecule has 1 aliphatic heterocycles. The number of nitrogens with zero attached hydrogens (tertiary/aromatic N) is 1. The van der Waals surface area contributed by atoms with E-state index in [2.05, 4.69) is 60.6 Å². The fraction of sp³-hybridized carbons (Fsp3) is 0.368. The summed E-state index contributed by atoms with van der Waals surface area (Å²) in [6.07, 6.45) is 11.6. The molecule has 0 N–H and O–H groups in total. The van der Waals surface area contributed by atoms with Gasteiger partial charge in [-0.1, -0.05) is 30.3 Å². The summed E-state index contributed by atoms with van der Waals surface area (Å²) in [6, 6.07) is 9.31. The average Bonchev–Trinajstić information content (AvgIpc) is 2.54. The molecule has 3 unspecified atom stereocenters. The monoisotopic (exact) mass is 315 g/mol. The van der Waals surface area contributed by atoms with Crippen LogP contribution in [0.5, 0.6) is 0 Å². The van der Waals surface area contributed by atoms with E-state index in [1.807, 2.05) is 0 Å². The SMILES string of the molecule is COC1=CC2C3=c4ccccc4=CN(C)C3CCC2C=C1.Cl. The summed E-state index contributed by atoms with van der Waals surface area (Å²) < 4.78 is 5.47. The maximum Gasteiger partial charge on any atom is 0.115 e. The van der Waals surface area contributed by atoms with Crippen LogP contribution < -0.4 is 10.4 Å². The first-order chi connectivity index (χ1) is 10.3. The first kappa shape index (κ1) is 15.2. The summed E-state index contributed by atoms with van der Waals surface area (Å²) in [5.41, 5.74) is 1.57. The Morgan fingerprint density at radius 3 is 2.82 bits per heavy atom. The zero-order valence-electron chi connectivity index (χ0n) is 13.0. The molecule has 2 nitrogen and oxygen atoms in total. The normalized spacial score (nSPS) is 28.5. The molecular formula is C19H22ClNO. The van der Waals surface area contributed by atoms with E-state index in [-0.39, 0.29) is 12.4 Å². The zero-order valence-corrected chi connectivity index (χ0v) is 13.8. The molecule has 0 aromatic heterocycles. The molecule has 1 fully saturated rings. The molecule has 0 bridgehead atoms. The summed E-state index contributed by atoms with van der Waals surface area (Å²) in [5.74, 6) is 2.09. The second-order valence-electron chi connectivity index (χ2n) is 6.25. The lowest BCUT2D eigenvalue weighted by atomic mass is 9.69. The van der Waals surface area contributed by atoms with Crippen molar-refractivity contribution >= 4 is 24.2 Å². The summed E-state index contributed by atoms with van der Waals surface area (Å²) in [5, 5.41) is 2.77. The van der Waals surface area contributed by atoms with Crippen LogP contribution in [0.15, 0.2) is 48.3 Å². The summed E-state index contributed by atoms with van der Waals surface area (Å²) in [7, 11) is 3.97. The highest BCUT2D eigenvalue weighted by atomic mass is 35.5. The van der Waals surface area contributed by atoms with Crippen LogP contribution in [0.4, 0.5) is 0 Å². The number of hydrogen-bond donors (Lipinski definition) is 0. The zero-order chi connectivity index (χ0) is 14.4. The van der Waals surface area contributed by atoms with E-state index >= 15 is 0 Å². The molecule has 0 radical (unpaired) electrons. The number of ether oxygens (including phenoxy) is 1. The Balaban J connectivity index is 0.00000144. The van der Waals surface area contributed by atoms with Crippen LogP contribution in [-0.4, -0.2) is 25.1 Å². The Morgan fingerprint density at radius 1 is 1.18 bits per heavy atom. The van der Waals surface area contributed by atoms with Gasteiger partial charge in [0.15, 0.2) is 0 Å². The Kier molecular flexibility index (Phi) is 4.05. The lowest BCUT2D eigenvalue weighted by Gasteiger charge is -2.43. The van der Waals surface area contributed by atoms with E-state index < -0.39 is 0 Å². The molecule has 1 saturated carbocycles. The Labute approximate surface area is 137 Å². The molecule has 4 rings (SSSR count). The lowest BCUT2D eigenvalue weighted by Crippen LogP contribution is -2.48. The number of halogens is 1. The largest absolute Gasteiger partial charge is 0.497 e. The van der Waals surface area contributed by atoms with Gasteiger partial charge in [0.25, 0.3) is 0 Å². The third-order valence-corrected chi connectivity index (χ3v) is 5.15. The molecule has 3 heteroatoms. The minimum atomic E-state index is 0. The number of hydrogen-bond acceptors (Lipinski definition) is 2. The maximum absolute atomic E-state index is 5.47. The van der Waals surface area contributed by atoms with Crippen LogP contribution >= 0.6 is 12.4 Å². The highest BCUT2D eigenvalue weighted by molar-refractivity contribution is 5.85. The van der Waals surface area contributed by atoms with Crippen molar-refractivity contribution < 1.29 is 4.74 Å². The second kappa shape index (κ2) is 5.85. The van der Waals surface area contributed by atoms with Crippen LogP contribution in [0.2, 0.25) is 0 Å². The number of benzene rings is 1. The fourth-order valence-electron chi connectivity index (χ4n) is 4.12. The molecule has 1 aromatic rings. The predicted octanol–water partition coefficient (Wildman–Crippen LogP) is 2.44. The smallest absolute Gasteiger partial charge is 0.115 e. The van der Waals surface area contributed by atoms with E-state index in [1.165, 1.54) is 23.3 Å². The van der Waals surface area contributed by atoms with E-state index in [0.717, 1.165) is 5.76 Å². The summed E-state index contributed by atoms with van der Waals surface area (Å²) in [6.45, 7) is 0. The highest BCUT2D eigenvalue weighted by Crippen LogP contribution is 2.42. The van der Waals surface area contributed by atoms with E-state index in [1.54, 1.807) is 12.7 Å². The van der Waals surface area contributed by atoms with Crippen molar-refractivity contribution in [2.75, 3.05) is 14.2 Å². The van der Waals surface area contributed by atoms with Crippen molar-refractivity contribution in [2.24, 2.45) is 11.8 Å². The quantitative estimate of drug-likeness (QED) is 0.789. The molecule has 1 heterocycles. The molecule has 2 aliphatic carbocycles. The van der Waals surface area contributed by atoms with Gasteiger partial charge in [0, 0.05) is 19.2 Å². The first-order valence-electron chi connectivity index (χ1n) is 7.75. The second-order valence-corrected chi connectivity index (χ2v) is 6.25. The summed E-state index contributed by atoms with van der Waals surface area (Å²) in [4.78, 5) is 2.40. The van der Waals surface area contributed by atoms with Crippen molar-refractivity contribution in [3.8, 4) is 0 Å². The number of fused-ring (bicyclic) bond motifs is 4. The van der Waals surface area contributed by atoms with Crippen LogP contribution in [-0.2, 0) is 4.74 Å². The van der Waals surface area contributed by atoms with Crippen molar-refractivity contribution in [1.82, 2.24) is 4.90 Å². The van der Waals surface area contributed by atoms with Crippen molar-refractivity contribution in [1.29, 1.82) is 0 Å². The molecule has 22 heavy (non-hydrogen) atoms. The van der Waals surface area contributed by atoms with Crippen LogP contribution in [0.25, 0.3) is 11.8 Å². The van der Waals surface area contributed by atoms with Gasteiger partial charge in [-0.15, -0.1) is 12.4 Å². The Hall–Kier alpha value is -1.67. The molecule has 116 valence electrons.